The number of nitrogens with two attached hydrogens (primary N) is 1. The summed E-state index contributed by atoms with van der Waals surface area (Å²) < 4.78 is 0. The Morgan fingerprint density at radius 1 is 1.38 bits per heavy atom. The molecule has 1 aromatic rings. The second-order valence-corrected chi connectivity index (χ2v) is 5.87. The number of nitrogens with zero attached hydrogens (tertiary/aromatic N) is 4. The number of rotatable bonds is 4. The Balaban J connectivity index is 2.16. The molecule has 0 unspecified atom stereocenters. The van der Waals surface area contributed by atoms with Crippen LogP contribution in [0, 0.1) is 12.8 Å². The molecule has 116 valence electrons. The van der Waals surface area contributed by atoms with E-state index in [0.29, 0.717) is 17.7 Å². The Kier molecular flexibility index (Phi) is 4.98. The van der Waals surface area contributed by atoms with E-state index in [1.54, 1.807) is 6.07 Å². The van der Waals surface area contributed by atoms with Crippen LogP contribution in [-0.2, 0) is 0 Å². The van der Waals surface area contributed by atoms with Gasteiger partial charge in [0.05, 0.1) is 0 Å². The standard InChI is InChI=1S/C15H25N5O/c1-4-11-5-7-12(8-6-11)20(3)15-17-10(2)9-13(18-15)14(16)19-21/h9,11-12,21H,4-8H2,1-3H3,(H2,16,19). The first kappa shape index (κ1) is 15.5. The third-order valence-electron chi connectivity index (χ3n) is 4.47. The lowest BCUT2D eigenvalue weighted by Crippen LogP contribution is -2.36. The van der Waals surface area contributed by atoms with Crippen molar-refractivity contribution in [3.63, 3.8) is 0 Å². The van der Waals surface area contributed by atoms with E-state index in [9.17, 15) is 0 Å². The summed E-state index contributed by atoms with van der Waals surface area (Å²) in [6.07, 6.45) is 6.15. The number of hydrogen-bond donors (Lipinski definition) is 2. The highest BCUT2D eigenvalue weighted by molar-refractivity contribution is 5.95. The van der Waals surface area contributed by atoms with Gasteiger partial charge in [0, 0.05) is 18.8 Å². The molecule has 2 rings (SSSR count). The van der Waals surface area contributed by atoms with Gasteiger partial charge >= 0.3 is 0 Å². The number of aromatic nitrogens is 2. The quantitative estimate of drug-likeness (QED) is 0.384. The van der Waals surface area contributed by atoms with Gasteiger partial charge in [-0.2, -0.15) is 0 Å². The van der Waals surface area contributed by atoms with Gasteiger partial charge in [0.25, 0.3) is 0 Å². The fourth-order valence-electron chi connectivity index (χ4n) is 3.00. The van der Waals surface area contributed by atoms with Crippen LogP contribution in [0.5, 0.6) is 0 Å². The number of hydrogen-bond acceptors (Lipinski definition) is 5. The molecule has 21 heavy (non-hydrogen) atoms. The zero-order valence-corrected chi connectivity index (χ0v) is 13.1. The van der Waals surface area contributed by atoms with Crippen molar-refractivity contribution in [3.8, 4) is 0 Å². The summed E-state index contributed by atoms with van der Waals surface area (Å²) in [6.45, 7) is 4.16. The van der Waals surface area contributed by atoms with Crippen molar-refractivity contribution in [2.24, 2.45) is 16.8 Å². The summed E-state index contributed by atoms with van der Waals surface area (Å²) in [5.41, 5.74) is 6.92. The number of aryl methyl sites for hydroxylation is 1. The average molecular weight is 291 g/mol. The smallest absolute Gasteiger partial charge is 0.226 e. The van der Waals surface area contributed by atoms with Gasteiger partial charge in [-0.1, -0.05) is 18.5 Å². The Morgan fingerprint density at radius 3 is 2.62 bits per heavy atom. The number of amidine groups is 1. The van der Waals surface area contributed by atoms with Gasteiger partial charge in [-0.25, -0.2) is 9.97 Å². The summed E-state index contributed by atoms with van der Waals surface area (Å²) in [4.78, 5) is 11.0. The highest BCUT2D eigenvalue weighted by Gasteiger charge is 2.25. The largest absolute Gasteiger partial charge is 0.409 e. The molecule has 1 saturated carbocycles. The first-order valence-corrected chi connectivity index (χ1v) is 7.61. The number of oxime groups is 1. The van der Waals surface area contributed by atoms with Crippen molar-refractivity contribution < 1.29 is 5.21 Å². The summed E-state index contributed by atoms with van der Waals surface area (Å²) in [5.74, 6) is 1.53. The Hall–Kier alpha value is -1.85. The lowest BCUT2D eigenvalue weighted by atomic mass is 9.84. The zero-order valence-electron chi connectivity index (χ0n) is 13.1. The molecule has 0 bridgehead atoms. The Labute approximate surface area is 126 Å². The molecule has 0 aromatic carbocycles. The van der Waals surface area contributed by atoms with E-state index in [4.69, 9.17) is 10.9 Å². The van der Waals surface area contributed by atoms with Crippen LogP contribution in [0.2, 0.25) is 0 Å². The summed E-state index contributed by atoms with van der Waals surface area (Å²) in [7, 11) is 2.03. The van der Waals surface area contributed by atoms with E-state index >= 15 is 0 Å². The summed E-state index contributed by atoms with van der Waals surface area (Å²) in [5, 5.41) is 11.8. The van der Waals surface area contributed by atoms with Crippen LogP contribution < -0.4 is 10.6 Å². The minimum Gasteiger partial charge on any atom is -0.409 e. The van der Waals surface area contributed by atoms with Gasteiger partial charge in [-0.3, -0.25) is 0 Å². The predicted molar refractivity (Wildman–Crippen MR) is 83.7 cm³/mol. The molecular weight excluding hydrogens is 266 g/mol. The molecule has 6 nitrogen and oxygen atoms in total. The molecule has 6 heteroatoms. The fourth-order valence-corrected chi connectivity index (χ4v) is 3.00. The van der Waals surface area contributed by atoms with Crippen LogP contribution in [0.3, 0.4) is 0 Å². The molecule has 1 heterocycles. The van der Waals surface area contributed by atoms with Crippen LogP contribution in [0.1, 0.15) is 50.4 Å². The van der Waals surface area contributed by atoms with Gasteiger partial charge in [0.2, 0.25) is 5.95 Å². The molecule has 1 fully saturated rings. The SMILES string of the molecule is CCC1CCC(N(C)c2nc(C)cc(/C(N)=N/O)n2)CC1. The monoisotopic (exact) mass is 291 g/mol. The molecule has 0 spiro atoms. The van der Waals surface area contributed by atoms with Crippen LogP contribution in [0.25, 0.3) is 0 Å². The van der Waals surface area contributed by atoms with E-state index in [0.717, 1.165) is 11.6 Å². The van der Waals surface area contributed by atoms with Crippen molar-refractivity contribution in [2.75, 3.05) is 11.9 Å². The second-order valence-electron chi connectivity index (χ2n) is 5.87. The van der Waals surface area contributed by atoms with Gasteiger partial charge in [0.15, 0.2) is 5.84 Å². The minimum atomic E-state index is 0.0184. The van der Waals surface area contributed by atoms with E-state index in [1.807, 2.05) is 14.0 Å². The van der Waals surface area contributed by atoms with Crippen molar-refractivity contribution in [2.45, 2.75) is 52.0 Å². The van der Waals surface area contributed by atoms with Crippen LogP contribution in [0.4, 0.5) is 5.95 Å². The molecule has 1 aliphatic carbocycles. The van der Waals surface area contributed by atoms with Crippen LogP contribution in [-0.4, -0.2) is 34.1 Å². The van der Waals surface area contributed by atoms with Gasteiger partial charge in [0.1, 0.15) is 5.69 Å². The lowest BCUT2D eigenvalue weighted by molar-refractivity contribution is 0.312. The third kappa shape index (κ3) is 3.62. The molecular formula is C15H25N5O. The van der Waals surface area contributed by atoms with E-state index in [1.165, 1.54) is 32.1 Å². The first-order valence-electron chi connectivity index (χ1n) is 7.61. The Bertz CT molecular complexity index is 509. The topological polar surface area (TPSA) is 87.6 Å². The average Bonchev–Trinajstić information content (AvgIpc) is 2.52. The van der Waals surface area contributed by atoms with Crippen LogP contribution in [0.15, 0.2) is 11.2 Å². The second kappa shape index (κ2) is 6.74. The van der Waals surface area contributed by atoms with Crippen LogP contribution >= 0.6 is 0 Å². The van der Waals surface area contributed by atoms with E-state index < -0.39 is 0 Å². The molecule has 0 amide bonds. The molecule has 1 aliphatic rings. The van der Waals surface area contributed by atoms with Gasteiger partial charge in [-0.05, 0) is 44.6 Å². The summed E-state index contributed by atoms with van der Waals surface area (Å²) >= 11 is 0. The molecule has 3 N–H and O–H groups in total. The normalized spacial score (nSPS) is 23.1. The van der Waals surface area contributed by atoms with Crippen molar-refractivity contribution in [1.29, 1.82) is 0 Å². The maximum absolute atomic E-state index is 8.80. The van der Waals surface area contributed by atoms with Crippen molar-refractivity contribution in [1.82, 2.24) is 9.97 Å². The zero-order chi connectivity index (χ0) is 15.4. The maximum atomic E-state index is 8.80. The highest BCUT2D eigenvalue weighted by atomic mass is 16.4. The third-order valence-corrected chi connectivity index (χ3v) is 4.47. The maximum Gasteiger partial charge on any atom is 0.226 e. The van der Waals surface area contributed by atoms with E-state index in [2.05, 4.69) is 26.9 Å². The molecule has 0 aliphatic heterocycles. The van der Waals surface area contributed by atoms with E-state index in [-0.39, 0.29) is 5.84 Å². The number of anilines is 1. The predicted octanol–water partition coefficient (Wildman–Crippen LogP) is 2.28. The summed E-state index contributed by atoms with van der Waals surface area (Å²) in [6, 6.07) is 2.19. The van der Waals surface area contributed by atoms with Crippen molar-refractivity contribution >= 4 is 11.8 Å². The van der Waals surface area contributed by atoms with Gasteiger partial charge in [-0.15, -0.1) is 0 Å². The van der Waals surface area contributed by atoms with Crippen molar-refractivity contribution in [3.05, 3.63) is 17.5 Å². The molecule has 1 aromatic heterocycles. The Morgan fingerprint density at radius 2 is 2.05 bits per heavy atom. The molecule has 0 radical (unpaired) electrons. The minimum absolute atomic E-state index is 0.0184. The molecule has 0 saturated heterocycles. The highest BCUT2D eigenvalue weighted by Crippen LogP contribution is 2.30. The first-order chi connectivity index (χ1) is 10.0. The van der Waals surface area contributed by atoms with Gasteiger partial charge < -0.3 is 15.8 Å². The lowest BCUT2D eigenvalue weighted by Gasteiger charge is -2.34. The fraction of sp³-hybridized carbons (Fsp3) is 0.667. The molecule has 0 atom stereocenters.